The first-order chi connectivity index (χ1) is 10.2. The van der Waals surface area contributed by atoms with E-state index in [0.29, 0.717) is 12.2 Å². The number of esters is 1. The summed E-state index contributed by atoms with van der Waals surface area (Å²) < 4.78 is 10.2. The van der Waals surface area contributed by atoms with E-state index in [9.17, 15) is 9.90 Å². The number of hydrogen-bond acceptors (Lipinski definition) is 4. The molecule has 0 aliphatic heterocycles. The van der Waals surface area contributed by atoms with Crippen molar-refractivity contribution in [2.24, 2.45) is 0 Å². The Balaban J connectivity index is 2.57. The minimum Gasteiger partial charge on any atom is -0.472 e. The van der Waals surface area contributed by atoms with E-state index in [1.807, 2.05) is 13.0 Å². The molecule has 1 rings (SSSR count). The van der Waals surface area contributed by atoms with Crippen molar-refractivity contribution in [3.05, 3.63) is 60.4 Å². The molecule has 0 radical (unpaired) electrons. The zero-order chi connectivity index (χ0) is 15.5. The van der Waals surface area contributed by atoms with Gasteiger partial charge in [0.25, 0.3) is 0 Å². The lowest BCUT2D eigenvalue weighted by Crippen LogP contribution is -2.13. The fraction of sp³-hybridized carbons (Fsp3) is 0.353. The van der Waals surface area contributed by atoms with E-state index in [1.54, 1.807) is 30.4 Å². The zero-order valence-electron chi connectivity index (χ0n) is 12.3. The Morgan fingerprint density at radius 3 is 3.00 bits per heavy atom. The second-order valence-electron chi connectivity index (χ2n) is 4.55. The molecular formula is C17H22O4. The summed E-state index contributed by atoms with van der Waals surface area (Å²) in [6.07, 6.45) is 5.68. The first-order valence-corrected chi connectivity index (χ1v) is 7.04. The van der Waals surface area contributed by atoms with Crippen LogP contribution in [0, 0.1) is 0 Å². The molecule has 4 nitrogen and oxygen atoms in total. The fourth-order valence-electron chi connectivity index (χ4n) is 1.66. The van der Waals surface area contributed by atoms with E-state index >= 15 is 0 Å². The highest BCUT2D eigenvalue weighted by molar-refractivity contribution is 5.89. The largest absolute Gasteiger partial charge is 0.472 e. The van der Waals surface area contributed by atoms with Gasteiger partial charge in [-0.3, -0.25) is 0 Å². The highest BCUT2D eigenvalue weighted by atomic mass is 16.6. The Morgan fingerprint density at radius 2 is 2.29 bits per heavy atom. The van der Waals surface area contributed by atoms with Gasteiger partial charge in [0.1, 0.15) is 0 Å². The minimum absolute atomic E-state index is 0.289. The van der Waals surface area contributed by atoms with Gasteiger partial charge in [-0.05, 0) is 30.2 Å². The van der Waals surface area contributed by atoms with Crippen molar-refractivity contribution >= 4 is 5.97 Å². The molecule has 0 spiro atoms. The number of carbonyl (C=O) groups excluding carboxylic acids is 1. The summed E-state index contributed by atoms with van der Waals surface area (Å²) in [5, 5.41) is 9.71. The second kappa shape index (κ2) is 9.77. The predicted molar refractivity (Wildman–Crippen MR) is 81.8 cm³/mol. The van der Waals surface area contributed by atoms with E-state index in [-0.39, 0.29) is 12.4 Å². The lowest BCUT2D eigenvalue weighted by molar-refractivity contribution is -0.0494. The molecule has 0 aromatic heterocycles. The summed E-state index contributed by atoms with van der Waals surface area (Å²) in [7, 11) is 0. The van der Waals surface area contributed by atoms with Crippen LogP contribution in [0.15, 0.2) is 49.3 Å². The Kier molecular flexibility index (Phi) is 7.90. The van der Waals surface area contributed by atoms with Crippen molar-refractivity contribution in [2.75, 3.05) is 6.61 Å². The van der Waals surface area contributed by atoms with Crippen LogP contribution in [0.2, 0.25) is 0 Å². The molecule has 0 bridgehead atoms. The standard InChI is InChI=1S/C17H22O4/c1-3-5-10-20-16(18)13-14-8-7-9-15(12-14)17(19)21-11-6-4-2/h3,5,7-10,12,16,18H,1,4,6,11,13H2,2H3/b10-5+. The van der Waals surface area contributed by atoms with Gasteiger partial charge in [-0.25, -0.2) is 4.79 Å². The first-order valence-electron chi connectivity index (χ1n) is 7.04. The SMILES string of the molecule is C=C/C=C/OC(O)Cc1cccc(C(=O)OCCCC)c1. The van der Waals surface area contributed by atoms with E-state index in [1.165, 1.54) is 6.26 Å². The van der Waals surface area contributed by atoms with Gasteiger partial charge in [-0.1, -0.05) is 38.1 Å². The molecule has 1 N–H and O–H groups in total. The molecule has 0 saturated carbocycles. The first kappa shape index (κ1) is 17.0. The molecule has 0 aliphatic rings. The molecule has 0 aliphatic carbocycles. The second-order valence-corrected chi connectivity index (χ2v) is 4.55. The fourth-order valence-corrected chi connectivity index (χ4v) is 1.66. The summed E-state index contributed by atoms with van der Waals surface area (Å²) in [5.41, 5.74) is 1.29. The van der Waals surface area contributed by atoms with Gasteiger partial charge in [0.15, 0.2) is 0 Å². The minimum atomic E-state index is -0.965. The molecule has 1 atom stereocenters. The summed E-state index contributed by atoms with van der Waals surface area (Å²) in [6.45, 7) is 5.97. The number of allylic oxidation sites excluding steroid dienone is 2. The molecule has 1 unspecified atom stereocenters. The van der Waals surface area contributed by atoms with Crippen LogP contribution in [0.4, 0.5) is 0 Å². The third kappa shape index (κ3) is 6.77. The lowest BCUT2D eigenvalue weighted by atomic mass is 10.1. The van der Waals surface area contributed by atoms with Crippen molar-refractivity contribution in [1.29, 1.82) is 0 Å². The number of hydrogen-bond donors (Lipinski definition) is 1. The number of benzene rings is 1. The normalized spacial score (nSPS) is 12.1. The van der Waals surface area contributed by atoms with Gasteiger partial charge in [0.2, 0.25) is 6.29 Å². The monoisotopic (exact) mass is 290 g/mol. The van der Waals surface area contributed by atoms with E-state index in [0.717, 1.165) is 18.4 Å². The van der Waals surface area contributed by atoms with Crippen molar-refractivity contribution < 1.29 is 19.4 Å². The van der Waals surface area contributed by atoms with Crippen molar-refractivity contribution in [2.45, 2.75) is 32.5 Å². The topological polar surface area (TPSA) is 55.8 Å². The van der Waals surface area contributed by atoms with Crippen LogP contribution >= 0.6 is 0 Å². The molecule has 0 fully saturated rings. The van der Waals surface area contributed by atoms with Crippen LogP contribution in [0.5, 0.6) is 0 Å². The number of aliphatic hydroxyl groups excluding tert-OH is 1. The summed E-state index contributed by atoms with van der Waals surface area (Å²) in [5.74, 6) is -0.340. The Hall–Kier alpha value is -2.07. The van der Waals surface area contributed by atoms with Gasteiger partial charge in [-0.2, -0.15) is 0 Å². The average molecular weight is 290 g/mol. The summed E-state index contributed by atoms with van der Waals surface area (Å²) in [6, 6.07) is 6.99. The van der Waals surface area contributed by atoms with Gasteiger partial charge < -0.3 is 14.6 Å². The van der Waals surface area contributed by atoms with Gasteiger partial charge in [0, 0.05) is 6.42 Å². The average Bonchev–Trinajstić information content (AvgIpc) is 2.48. The lowest BCUT2D eigenvalue weighted by Gasteiger charge is -2.11. The van der Waals surface area contributed by atoms with Crippen molar-refractivity contribution in [1.82, 2.24) is 0 Å². The third-order valence-electron chi connectivity index (χ3n) is 2.75. The van der Waals surface area contributed by atoms with Gasteiger partial charge in [0.05, 0.1) is 18.4 Å². The number of aliphatic hydroxyl groups is 1. The van der Waals surface area contributed by atoms with Crippen LogP contribution in [0.3, 0.4) is 0 Å². The molecule has 0 heterocycles. The Morgan fingerprint density at radius 1 is 1.48 bits per heavy atom. The van der Waals surface area contributed by atoms with Gasteiger partial charge in [-0.15, -0.1) is 0 Å². The highest BCUT2D eigenvalue weighted by Gasteiger charge is 2.10. The van der Waals surface area contributed by atoms with Crippen LogP contribution in [0.1, 0.15) is 35.7 Å². The summed E-state index contributed by atoms with van der Waals surface area (Å²) >= 11 is 0. The number of ether oxygens (including phenoxy) is 2. The Labute approximate surface area is 125 Å². The molecule has 4 heteroatoms. The maximum atomic E-state index is 11.8. The smallest absolute Gasteiger partial charge is 0.338 e. The molecule has 1 aromatic carbocycles. The molecular weight excluding hydrogens is 268 g/mol. The molecule has 0 amide bonds. The molecule has 0 saturated heterocycles. The highest BCUT2D eigenvalue weighted by Crippen LogP contribution is 2.10. The van der Waals surface area contributed by atoms with Gasteiger partial charge >= 0.3 is 5.97 Å². The maximum absolute atomic E-state index is 11.8. The van der Waals surface area contributed by atoms with Crippen molar-refractivity contribution in [3.63, 3.8) is 0 Å². The van der Waals surface area contributed by atoms with E-state index < -0.39 is 6.29 Å². The predicted octanol–water partition coefficient (Wildman–Crippen LogP) is 3.22. The van der Waals surface area contributed by atoms with Crippen molar-refractivity contribution in [3.8, 4) is 0 Å². The maximum Gasteiger partial charge on any atom is 0.338 e. The van der Waals surface area contributed by atoms with E-state index in [4.69, 9.17) is 9.47 Å². The number of rotatable bonds is 9. The summed E-state index contributed by atoms with van der Waals surface area (Å²) in [4.78, 5) is 11.8. The molecule has 1 aromatic rings. The van der Waals surface area contributed by atoms with Crippen LogP contribution in [0.25, 0.3) is 0 Å². The van der Waals surface area contributed by atoms with Crippen LogP contribution < -0.4 is 0 Å². The van der Waals surface area contributed by atoms with Crippen LogP contribution in [-0.2, 0) is 15.9 Å². The zero-order valence-corrected chi connectivity index (χ0v) is 12.3. The number of carbonyl (C=O) groups is 1. The molecule has 21 heavy (non-hydrogen) atoms. The van der Waals surface area contributed by atoms with Crippen LogP contribution in [-0.4, -0.2) is 24.0 Å². The molecule has 114 valence electrons. The quantitative estimate of drug-likeness (QED) is 0.249. The van der Waals surface area contributed by atoms with E-state index in [2.05, 4.69) is 6.58 Å². The number of unbranched alkanes of at least 4 members (excludes halogenated alkanes) is 1. The third-order valence-corrected chi connectivity index (χ3v) is 2.75. The Bertz CT molecular complexity index is 479.